The number of pyridine rings is 1. The molecule has 0 atom stereocenters. The molecule has 1 amide bonds. The Morgan fingerprint density at radius 2 is 1.80 bits per heavy atom. The number of aryl methyl sites for hydroxylation is 1. The van der Waals surface area contributed by atoms with Crippen molar-refractivity contribution in [1.29, 1.82) is 0 Å². The van der Waals surface area contributed by atoms with Gasteiger partial charge in [-0.15, -0.1) is 0 Å². The largest absolute Gasteiger partial charge is 0.319 e. The van der Waals surface area contributed by atoms with Gasteiger partial charge in [-0.1, -0.05) is 36.4 Å². The van der Waals surface area contributed by atoms with E-state index in [2.05, 4.69) is 10.3 Å². The maximum atomic E-state index is 12.4. The van der Waals surface area contributed by atoms with Crippen LogP contribution in [0.15, 0.2) is 73.2 Å². The van der Waals surface area contributed by atoms with Gasteiger partial charge < -0.3 is 5.32 Å². The van der Waals surface area contributed by atoms with Crippen LogP contribution in [0.2, 0.25) is 0 Å². The maximum absolute atomic E-state index is 12.4. The first-order valence-electron chi connectivity index (χ1n) is 7.72. The van der Waals surface area contributed by atoms with Gasteiger partial charge in [0.05, 0.1) is 11.4 Å². The molecule has 0 aliphatic carbocycles. The van der Waals surface area contributed by atoms with Crippen molar-refractivity contribution in [2.24, 2.45) is 0 Å². The Kier molecular flexibility index (Phi) is 4.95. The van der Waals surface area contributed by atoms with Crippen molar-refractivity contribution in [3.05, 3.63) is 84.4 Å². The van der Waals surface area contributed by atoms with E-state index in [0.29, 0.717) is 12.1 Å². The predicted octanol–water partition coefficient (Wildman–Crippen LogP) is 2.56. The normalized spacial score (nSPS) is 11.2. The number of rotatable bonds is 6. The lowest BCUT2D eigenvalue weighted by Gasteiger charge is -2.06. The van der Waals surface area contributed by atoms with E-state index >= 15 is 0 Å². The molecule has 25 heavy (non-hydrogen) atoms. The molecule has 2 heterocycles. The number of carbonyl (C=O) groups is 1. The summed E-state index contributed by atoms with van der Waals surface area (Å²) in [5.74, 6) is -0.403. The van der Waals surface area contributed by atoms with Gasteiger partial charge in [0, 0.05) is 18.6 Å². The lowest BCUT2D eigenvalue weighted by Crippen LogP contribution is -2.17. The van der Waals surface area contributed by atoms with Crippen molar-refractivity contribution in [3.63, 3.8) is 0 Å². The van der Waals surface area contributed by atoms with Crippen LogP contribution in [-0.2, 0) is 16.4 Å². The monoisotopic (exact) mass is 355 g/mol. The molecule has 128 valence electrons. The Labute approximate surface area is 146 Å². The molecule has 0 radical (unpaired) electrons. The lowest BCUT2D eigenvalue weighted by atomic mass is 10.2. The molecule has 0 spiro atoms. The van der Waals surface area contributed by atoms with Crippen LogP contribution >= 0.6 is 0 Å². The number of carbonyl (C=O) groups excluding carboxylic acids is 1. The molecular formula is C18H17N3O3S. The molecule has 3 aromatic rings. The second kappa shape index (κ2) is 7.31. The summed E-state index contributed by atoms with van der Waals surface area (Å²) in [4.78, 5) is 16.0. The molecule has 0 unspecified atom stereocenters. The summed E-state index contributed by atoms with van der Waals surface area (Å²) in [5, 5.41) is 2.64. The second-order valence-corrected chi connectivity index (χ2v) is 7.44. The van der Waals surface area contributed by atoms with Gasteiger partial charge in [0.1, 0.15) is 5.69 Å². The highest BCUT2D eigenvalue weighted by Gasteiger charge is 2.15. The summed E-state index contributed by atoms with van der Waals surface area (Å²) in [6, 6.07) is 16.0. The van der Waals surface area contributed by atoms with E-state index in [-0.39, 0.29) is 17.4 Å². The summed E-state index contributed by atoms with van der Waals surface area (Å²) < 4.78 is 26.0. The van der Waals surface area contributed by atoms with Crippen molar-refractivity contribution in [2.45, 2.75) is 6.42 Å². The van der Waals surface area contributed by atoms with E-state index in [0.717, 1.165) is 9.54 Å². The average molecular weight is 355 g/mol. The standard InChI is InChI=1S/C18H17N3O3S/c22-18(17-8-4-5-11-19-17)20-16-9-12-21(14-16)25(23,24)13-10-15-6-2-1-3-7-15/h1-9,11-12,14H,10,13H2,(H,20,22). The van der Waals surface area contributed by atoms with Crippen LogP contribution in [0.25, 0.3) is 0 Å². The Bertz CT molecular complexity index is 952. The van der Waals surface area contributed by atoms with Gasteiger partial charge in [0.15, 0.2) is 0 Å². The van der Waals surface area contributed by atoms with E-state index in [1.165, 1.54) is 18.6 Å². The van der Waals surface area contributed by atoms with Crippen LogP contribution in [-0.4, -0.2) is 29.0 Å². The molecule has 3 rings (SSSR count). The minimum absolute atomic E-state index is 0.0146. The molecule has 1 N–H and O–H groups in total. The molecular weight excluding hydrogens is 338 g/mol. The van der Waals surface area contributed by atoms with Gasteiger partial charge in [-0.05, 0) is 30.2 Å². The van der Waals surface area contributed by atoms with Crippen LogP contribution in [0.1, 0.15) is 16.1 Å². The van der Waals surface area contributed by atoms with Crippen molar-refractivity contribution >= 4 is 21.6 Å². The van der Waals surface area contributed by atoms with Crippen LogP contribution in [0.3, 0.4) is 0 Å². The van der Waals surface area contributed by atoms with Crippen LogP contribution in [0, 0.1) is 0 Å². The van der Waals surface area contributed by atoms with E-state index in [1.54, 1.807) is 24.3 Å². The predicted molar refractivity (Wildman–Crippen MR) is 96.0 cm³/mol. The third-order valence-electron chi connectivity index (χ3n) is 3.64. The first-order valence-corrected chi connectivity index (χ1v) is 9.33. The van der Waals surface area contributed by atoms with Crippen LogP contribution < -0.4 is 5.32 Å². The summed E-state index contributed by atoms with van der Waals surface area (Å²) in [5.41, 5.74) is 1.63. The van der Waals surface area contributed by atoms with E-state index in [9.17, 15) is 13.2 Å². The van der Waals surface area contributed by atoms with Crippen molar-refractivity contribution in [1.82, 2.24) is 8.96 Å². The van der Waals surface area contributed by atoms with Gasteiger partial charge in [-0.25, -0.2) is 8.42 Å². The van der Waals surface area contributed by atoms with Gasteiger partial charge in [0.2, 0.25) is 10.0 Å². The first kappa shape index (κ1) is 16.9. The average Bonchev–Trinajstić information content (AvgIpc) is 3.11. The van der Waals surface area contributed by atoms with Crippen LogP contribution in [0.5, 0.6) is 0 Å². The first-order chi connectivity index (χ1) is 12.0. The van der Waals surface area contributed by atoms with Crippen molar-refractivity contribution in [2.75, 3.05) is 11.1 Å². The van der Waals surface area contributed by atoms with Gasteiger partial charge >= 0.3 is 0 Å². The third-order valence-corrected chi connectivity index (χ3v) is 5.23. The topological polar surface area (TPSA) is 81.1 Å². The Morgan fingerprint density at radius 3 is 2.52 bits per heavy atom. The maximum Gasteiger partial charge on any atom is 0.274 e. The zero-order valence-corrected chi connectivity index (χ0v) is 14.2. The molecule has 0 saturated carbocycles. The second-order valence-electron chi connectivity index (χ2n) is 5.45. The number of benzene rings is 1. The molecule has 2 aromatic heterocycles. The number of hydrogen-bond donors (Lipinski definition) is 1. The minimum atomic E-state index is -3.49. The summed E-state index contributed by atoms with van der Waals surface area (Å²) in [6.07, 6.45) is 4.76. The van der Waals surface area contributed by atoms with Gasteiger partial charge in [-0.2, -0.15) is 0 Å². The highest BCUT2D eigenvalue weighted by atomic mass is 32.2. The summed E-state index contributed by atoms with van der Waals surface area (Å²) in [6.45, 7) is 0. The summed E-state index contributed by atoms with van der Waals surface area (Å²) >= 11 is 0. The minimum Gasteiger partial charge on any atom is -0.319 e. The number of anilines is 1. The lowest BCUT2D eigenvalue weighted by molar-refractivity contribution is 0.102. The fourth-order valence-electron chi connectivity index (χ4n) is 2.31. The molecule has 0 saturated heterocycles. The molecule has 0 aliphatic heterocycles. The molecule has 6 nitrogen and oxygen atoms in total. The smallest absolute Gasteiger partial charge is 0.274 e. The van der Waals surface area contributed by atoms with E-state index in [1.807, 2.05) is 30.3 Å². The third kappa shape index (κ3) is 4.33. The Morgan fingerprint density at radius 1 is 1.04 bits per heavy atom. The zero-order valence-electron chi connectivity index (χ0n) is 13.4. The van der Waals surface area contributed by atoms with Gasteiger partial charge in [-0.3, -0.25) is 13.8 Å². The quantitative estimate of drug-likeness (QED) is 0.737. The fraction of sp³-hybridized carbons (Fsp3) is 0.111. The Hall–Kier alpha value is -2.93. The van der Waals surface area contributed by atoms with Crippen LogP contribution in [0.4, 0.5) is 5.69 Å². The van der Waals surface area contributed by atoms with Gasteiger partial charge in [0.25, 0.3) is 5.91 Å². The van der Waals surface area contributed by atoms with E-state index in [4.69, 9.17) is 0 Å². The summed E-state index contributed by atoms with van der Waals surface area (Å²) in [7, 11) is -3.49. The molecule has 7 heteroatoms. The molecule has 1 aromatic carbocycles. The zero-order chi connectivity index (χ0) is 17.7. The number of nitrogens with one attached hydrogen (secondary N) is 1. The molecule has 0 fully saturated rings. The van der Waals surface area contributed by atoms with E-state index < -0.39 is 10.0 Å². The number of aromatic nitrogens is 2. The number of nitrogens with zero attached hydrogens (tertiary/aromatic N) is 2. The SMILES string of the molecule is O=C(Nc1ccn(S(=O)(=O)CCc2ccccc2)c1)c1ccccn1. The van der Waals surface area contributed by atoms with Crippen molar-refractivity contribution in [3.8, 4) is 0 Å². The Balaban J connectivity index is 1.67. The fourth-order valence-corrected chi connectivity index (χ4v) is 3.54. The highest BCUT2D eigenvalue weighted by molar-refractivity contribution is 7.89. The number of amides is 1. The molecule has 0 bridgehead atoms. The van der Waals surface area contributed by atoms with Crippen molar-refractivity contribution < 1.29 is 13.2 Å². The number of hydrogen-bond acceptors (Lipinski definition) is 4. The highest BCUT2D eigenvalue weighted by Crippen LogP contribution is 2.13. The molecule has 0 aliphatic rings.